The number of nitrogens with zero attached hydrogens (tertiary/aromatic N) is 1. The Morgan fingerprint density at radius 2 is 2.07 bits per heavy atom. The zero-order valence-corrected chi connectivity index (χ0v) is 10.0. The zero-order chi connectivity index (χ0) is 11.3. The van der Waals surface area contributed by atoms with Crippen molar-refractivity contribution in [2.75, 3.05) is 11.7 Å². The van der Waals surface area contributed by atoms with Gasteiger partial charge in [-0.2, -0.15) is 0 Å². The summed E-state index contributed by atoms with van der Waals surface area (Å²) in [6.45, 7) is 1.95. The molecule has 1 atom stereocenters. The molecule has 1 N–H and O–H groups in total. The highest BCUT2D eigenvalue weighted by Crippen LogP contribution is 2.37. The summed E-state index contributed by atoms with van der Waals surface area (Å²) < 4.78 is 0. The van der Waals surface area contributed by atoms with E-state index in [9.17, 15) is 15.0 Å². The molecule has 6 heteroatoms. The minimum Gasteiger partial charge on any atom is -0.373 e. The molecule has 0 radical (unpaired) electrons. The summed E-state index contributed by atoms with van der Waals surface area (Å²) in [4.78, 5) is 20.3. The molecule has 0 saturated carbocycles. The van der Waals surface area contributed by atoms with E-state index in [0.717, 1.165) is 11.1 Å². The van der Waals surface area contributed by atoms with Crippen molar-refractivity contribution in [3.63, 3.8) is 0 Å². The van der Waals surface area contributed by atoms with Gasteiger partial charge in [-0.1, -0.05) is 6.92 Å². The van der Waals surface area contributed by atoms with Gasteiger partial charge in [-0.15, -0.1) is 11.8 Å². The highest BCUT2D eigenvalue weighted by atomic mass is 32.2. The second-order valence-corrected chi connectivity index (χ2v) is 6.29. The van der Waals surface area contributed by atoms with Crippen LogP contribution in [0.1, 0.15) is 6.92 Å². The van der Waals surface area contributed by atoms with Crippen LogP contribution in [0.25, 0.3) is 0 Å². The molecule has 0 aliphatic heterocycles. The minimum absolute atomic E-state index is 0.0982. The van der Waals surface area contributed by atoms with Crippen molar-refractivity contribution in [2.24, 2.45) is 0 Å². The molecule has 0 heterocycles. The minimum atomic E-state index is -0.893. The molecular weight excluding hydrogens is 233 g/mol. The average molecular weight is 245 g/mol. The topological polar surface area (TPSA) is 63.4 Å². The molecular formula is C9H12NO3PS. The third-order valence-electron chi connectivity index (χ3n) is 1.79. The lowest BCUT2D eigenvalue weighted by Crippen LogP contribution is -1.87. The molecule has 0 aliphatic carbocycles. The van der Waals surface area contributed by atoms with Crippen LogP contribution in [0.15, 0.2) is 29.2 Å². The van der Waals surface area contributed by atoms with Crippen LogP contribution in [0.5, 0.6) is 0 Å². The summed E-state index contributed by atoms with van der Waals surface area (Å²) in [7, 11) is -0.893. The molecule has 0 saturated heterocycles. The van der Waals surface area contributed by atoms with Gasteiger partial charge in [0.25, 0.3) is 5.69 Å². The first-order chi connectivity index (χ1) is 7.13. The third-order valence-corrected chi connectivity index (χ3v) is 4.84. The molecule has 1 rings (SSSR count). The van der Waals surface area contributed by atoms with Gasteiger partial charge in [-0.25, -0.2) is 0 Å². The van der Waals surface area contributed by atoms with E-state index in [1.165, 1.54) is 23.9 Å². The average Bonchev–Trinajstić information content (AvgIpc) is 2.26. The first-order valence-corrected chi connectivity index (χ1v) is 7.09. The van der Waals surface area contributed by atoms with E-state index in [-0.39, 0.29) is 5.69 Å². The number of hydrogen-bond acceptors (Lipinski definition) is 4. The summed E-state index contributed by atoms with van der Waals surface area (Å²) in [6.07, 6.45) is 0.787. The van der Waals surface area contributed by atoms with Crippen molar-refractivity contribution < 1.29 is 9.82 Å². The van der Waals surface area contributed by atoms with Crippen molar-refractivity contribution in [1.82, 2.24) is 0 Å². The molecule has 0 fully saturated rings. The molecule has 1 aromatic carbocycles. The summed E-state index contributed by atoms with van der Waals surface area (Å²) >= 11 is 1.53. The van der Waals surface area contributed by atoms with Crippen LogP contribution >= 0.6 is 19.9 Å². The molecule has 1 aromatic rings. The van der Waals surface area contributed by atoms with E-state index in [0.29, 0.717) is 5.49 Å². The number of thioether (sulfide) groups is 1. The van der Waals surface area contributed by atoms with Crippen LogP contribution < -0.4 is 0 Å². The Labute approximate surface area is 93.7 Å². The van der Waals surface area contributed by atoms with Gasteiger partial charge in [0.15, 0.2) is 0 Å². The van der Waals surface area contributed by atoms with Gasteiger partial charge in [-0.05, 0) is 18.3 Å². The SMILES string of the molecule is CCP(O)CSc1ccc([N+](=O)[O-])cc1. The molecule has 0 bridgehead atoms. The van der Waals surface area contributed by atoms with Crippen molar-refractivity contribution in [2.45, 2.75) is 11.8 Å². The van der Waals surface area contributed by atoms with Gasteiger partial charge < -0.3 is 4.89 Å². The van der Waals surface area contributed by atoms with Gasteiger partial charge in [0.1, 0.15) is 0 Å². The van der Waals surface area contributed by atoms with E-state index < -0.39 is 13.1 Å². The van der Waals surface area contributed by atoms with E-state index in [1.54, 1.807) is 12.1 Å². The van der Waals surface area contributed by atoms with Crippen LogP contribution in [-0.2, 0) is 0 Å². The first kappa shape index (κ1) is 12.4. The summed E-state index contributed by atoms with van der Waals surface area (Å²) in [5, 5.41) is 10.4. The molecule has 15 heavy (non-hydrogen) atoms. The number of hydrogen-bond donors (Lipinski definition) is 1. The smallest absolute Gasteiger partial charge is 0.269 e. The van der Waals surface area contributed by atoms with Crippen molar-refractivity contribution in [3.8, 4) is 0 Å². The largest absolute Gasteiger partial charge is 0.373 e. The fourth-order valence-electron chi connectivity index (χ4n) is 0.904. The van der Waals surface area contributed by atoms with Gasteiger partial charge >= 0.3 is 0 Å². The van der Waals surface area contributed by atoms with Gasteiger partial charge in [-0.3, -0.25) is 10.1 Å². The quantitative estimate of drug-likeness (QED) is 0.375. The highest BCUT2D eigenvalue weighted by molar-refractivity contribution is 8.04. The van der Waals surface area contributed by atoms with Crippen molar-refractivity contribution >= 4 is 25.6 Å². The molecule has 4 nitrogen and oxygen atoms in total. The Morgan fingerprint density at radius 3 is 2.53 bits per heavy atom. The molecule has 0 amide bonds. The first-order valence-electron chi connectivity index (χ1n) is 4.44. The fourth-order valence-corrected chi connectivity index (χ4v) is 3.16. The molecule has 0 aliphatic rings. The lowest BCUT2D eigenvalue weighted by molar-refractivity contribution is -0.384. The summed E-state index contributed by atoms with van der Waals surface area (Å²) in [5.74, 6) is 0. The molecule has 82 valence electrons. The van der Waals surface area contributed by atoms with Crippen LogP contribution in [-0.4, -0.2) is 21.5 Å². The Hall–Kier alpha value is -0.640. The van der Waals surface area contributed by atoms with Crippen LogP contribution in [0.3, 0.4) is 0 Å². The van der Waals surface area contributed by atoms with E-state index >= 15 is 0 Å². The maximum Gasteiger partial charge on any atom is 0.269 e. The molecule has 0 spiro atoms. The summed E-state index contributed by atoms with van der Waals surface area (Å²) in [5.41, 5.74) is 0.782. The maximum atomic E-state index is 10.4. The normalized spacial score (nSPS) is 12.4. The predicted molar refractivity (Wildman–Crippen MR) is 63.5 cm³/mol. The molecule has 0 aromatic heterocycles. The lowest BCUT2D eigenvalue weighted by Gasteiger charge is -2.06. The van der Waals surface area contributed by atoms with E-state index in [4.69, 9.17) is 0 Å². The van der Waals surface area contributed by atoms with Crippen LogP contribution in [0, 0.1) is 10.1 Å². The third kappa shape index (κ3) is 4.16. The van der Waals surface area contributed by atoms with Gasteiger partial charge in [0, 0.05) is 30.7 Å². The Morgan fingerprint density at radius 1 is 1.47 bits per heavy atom. The number of rotatable bonds is 5. The number of nitro benzene ring substituents is 1. The standard InChI is InChI=1S/C9H12NO3PS/c1-2-14(13)7-15-9-5-3-8(4-6-9)10(11)12/h3-6,13H,2,7H2,1H3. The van der Waals surface area contributed by atoms with Gasteiger partial charge in [0.2, 0.25) is 0 Å². The second-order valence-electron chi connectivity index (χ2n) is 2.85. The number of non-ortho nitro benzene ring substituents is 1. The summed E-state index contributed by atoms with van der Waals surface area (Å²) in [6, 6.07) is 6.38. The van der Waals surface area contributed by atoms with Crippen LogP contribution in [0.4, 0.5) is 5.69 Å². The maximum absolute atomic E-state index is 10.4. The highest BCUT2D eigenvalue weighted by Gasteiger charge is 2.05. The zero-order valence-electron chi connectivity index (χ0n) is 8.29. The number of benzene rings is 1. The Kier molecular flexibility index (Phi) is 5.02. The Balaban J connectivity index is 2.53. The van der Waals surface area contributed by atoms with E-state index in [2.05, 4.69) is 0 Å². The van der Waals surface area contributed by atoms with Crippen molar-refractivity contribution in [3.05, 3.63) is 34.4 Å². The fraction of sp³-hybridized carbons (Fsp3) is 0.333. The number of nitro groups is 1. The van der Waals surface area contributed by atoms with Gasteiger partial charge in [0.05, 0.1) is 4.92 Å². The lowest BCUT2D eigenvalue weighted by atomic mass is 10.3. The monoisotopic (exact) mass is 245 g/mol. The second kappa shape index (κ2) is 6.05. The van der Waals surface area contributed by atoms with E-state index in [1.807, 2.05) is 6.92 Å². The Bertz CT molecular complexity index is 331. The van der Waals surface area contributed by atoms with Crippen molar-refractivity contribution in [1.29, 1.82) is 0 Å². The van der Waals surface area contributed by atoms with Crippen LogP contribution in [0.2, 0.25) is 0 Å². The predicted octanol–water partition coefficient (Wildman–Crippen LogP) is 3.05. The molecule has 1 unspecified atom stereocenters.